The van der Waals surface area contributed by atoms with Crippen molar-refractivity contribution < 1.29 is 37.1 Å². The van der Waals surface area contributed by atoms with Gasteiger partial charge in [0.2, 0.25) is 17.7 Å². The molecule has 0 saturated carbocycles. The molecule has 312 valence electrons. The highest BCUT2D eigenvalue weighted by atomic mass is 32.1. The summed E-state index contributed by atoms with van der Waals surface area (Å²) in [5, 5.41) is 17.7. The summed E-state index contributed by atoms with van der Waals surface area (Å²) in [6, 6.07) is 17.5. The molecule has 4 heterocycles. The Bertz CT molecular complexity index is 2170. The van der Waals surface area contributed by atoms with Gasteiger partial charge in [-0.25, -0.2) is 0 Å². The number of nitrogens with zero attached hydrogens (tertiary/aromatic N) is 5. The van der Waals surface area contributed by atoms with Gasteiger partial charge >= 0.3 is 6.18 Å². The molecule has 4 saturated heterocycles. The van der Waals surface area contributed by atoms with Gasteiger partial charge in [0.25, 0.3) is 5.91 Å². The van der Waals surface area contributed by atoms with Crippen molar-refractivity contribution in [1.82, 2.24) is 15.1 Å². The van der Waals surface area contributed by atoms with Crippen LogP contribution in [0.2, 0.25) is 0 Å². The van der Waals surface area contributed by atoms with Crippen LogP contribution >= 0.6 is 12.6 Å². The number of nitriles is 1. The molecule has 3 aromatic carbocycles. The first-order valence-corrected chi connectivity index (χ1v) is 20.3. The lowest BCUT2D eigenvalue weighted by atomic mass is 10.0. The lowest BCUT2D eigenvalue weighted by Gasteiger charge is -2.40. The zero-order valence-corrected chi connectivity index (χ0v) is 33.9. The predicted molar refractivity (Wildman–Crippen MR) is 219 cm³/mol. The average Bonchev–Trinajstić information content (AvgIpc) is 3.51. The number of anilines is 4. The highest BCUT2D eigenvalue weighted by Crippen LogP contribution is 2.43. The lowest BCUT2D eigenvalue weighted by molar-refractivity contribution is -0.138. The number of nitrogens with one attached hydrogen (secondary N) is 3. The fraction of sp³-hybridized carbons (Fsp3) is 0.452. The molecule has 7 rings (SSSR count). The molecule has 3 aromatic rings. The maximum absolute atomic E-state index is 13.8. The monoisotopic (exact) mass is 832 g/mol. The van der Waals surface area contributed by atoms with E-state index in [1.807, 2.05) is 31.2 Å². The number of carbonyl (C=O) groups is 4. The van der Waals surface area contributed by atoms with Gasteiger partial charge in [-0.3, -0.25) is 39.2 Å². The minimum absolute atomic E-state index is 0.00558. The normalized spacial score (nSPS) is 23.3. The molecule has 0 aromatic heterocycles. The average molecular weight is 833 g/mol. The molecule has 13 nitrogen and oxygen atoms in total. The molecular weight excluding hydrogens is 786 g/mol. The summed E-state index contributed by atoms with van der Waals surface area (Å²) in [6.07, 6.45) is -1.49. The van der Waals surface area contributed by atoms with Crippen LogP contribution in [0.4, 0.5) is 35.9 Å². The van der Waals surface area contributed by atoms with Crippen LogP contribution in [-0.4, -0.2) is 95.4 Å². The summed E-state index contributed by atoms with van der Waals surface area (Å²) >= 11 is 4.73. The number of aryl methyl sites for hydroxylation is 1. The van der Waals surface area contributed by atoms with Crippen LogP contribution in [0.3, 0.4) is 0 Å². The standard InChI is InChI=1S/C42H47F3N8O5S/c1-4-25-18-30(53-40(59)52(39(57)41(53,2)3)29-9-8-26(21-46)33(20-29)42(43,44)45)12-14-35(25)58-17-16-50-22-31-10-11-32(23-50)51(31)24-37(55)48-28-7-5-6-27(19-28)47-34-13-15-36(54)49-38(34)56/h5-9,12,14,18-20,31-32,34,40,47,59H,4,10-11,13,15-17,22-24H2,1-3H3,(H,48,55)(H,49,54,56). The molecule has 4 fully saturated rings. The number of ether oxygens (including phenoxy) is 1. The van der Waals surface area contributed by atoms with Gasteiger partial charge < -0.3 is 20.3 Å². The van der Waals surface area contributed by atoms with E-state index in [0.29, 0.717) is 48.8 Å². The number of rotatable bonds is 12. The molecule has 2 bridgehead atoms. The van der Waals surface area contributed by atoms with Crippen LogP contribution in [-0.2, 0) is 31.8 Å². The number of carbonyl (C=O) groups excluding carboxylic acids is 4. The highest BCUT2D eigenvalue weighted by Gasteiger charge is 2.52. The number of alkyl halides is 3. The number of amides is 4. The van der Waals surface area contributed by atoms with Crippen LogP contribution in [0.5, 0.6) is 5.75 Å². The number of hydrogen-bond acceptors (Lipinski definition) is 11. The molecule has 4 amide bonds. The molecule has 0 radical (unpaired) electrons. The number of thiol groups is 1. The van der Waals surface area contributed by atoms with E-state index in [0.717, 1.165) is 43.6 Å². The number of halogens is 3. The predicted octanol–water partition coefficient (Wildman–Crippen LogP) is 5.37. The molecule has 4 aliphatic heterocycles. The first kappa shape index (κ1) is 41.8. The van der Waals surface area contributed by atoms with Crippen LogP contribution in [0.15, 0.2) is 60.7 Å². The van der Waals surface area contributed by atoms with Gasteiger partial charge in [0.15, 0.2) is 5.50 Å². The first-order chi connectivity index (χ1) is 28.1. The van der Waals surface area contributed by atoms with Crippen molar-refractivity contribution >= 4 is 59.0 Å². The van der Waals surface area contributed by atoms with Crippen molar-refractivity contribution in [1.29, 1.82) is 5.26 Å². The second-order valence-corrected chi connectivity index (χ2v) is 16.3. The minimum atomic E-state index is -4.78. The van der Waals surface area contributed by atoms with Gasteiger partial charge in [0.1, 0.15) is 23.9 Å². The zero-order valence-electron chi connectivity index (χ0n) is 33.0. The third kappa shape index (κ3) is 8.71. The van der Waals surface area contributed by atoms with E-state index in [-0.39, 0.29) is 48.5 Å². The fourth-order valence-electron chi connectivity index (χ4n) is 8.65. The Morgan fingerprint density at radius 2 is 1.71 bits per heavy atom. The molecule has 4 unspecified atom stereocenters. The number of imide groups is 1. The van der Waals surface area contributed by atoms with Crippen molar-refractivity contribution in [2.75, 3.05) is 53.2 Å². The first-order valence-electron chi connectivity index (χ1n) is 19.7. The summed E-state index contributed by atoms with van der Waals surface area (Å²) < 4.78 is 47.7. The van der Waals surface area contributed by atoms with Crippen LogP contribution in [0, 0.1) is 11.3 Å². The smallest absolute Gasteiger partial charge is 0.417 e. The second kappa shape index (κ2) is 16.7. The Balaban J connectivity index is 0.930. The second-order valence-electron chi connectivity index (χ2n) is 15.9. The van der Waals surface area contributed by atoms with E-state index in [1.165, 1.54) is 11.0 Å². The number of piperidine rings is 1. The van der Waals surface area contributed by atoms with Crippen molar-refractivity contribution in [3.63, 3.8) is 0 Å². The highest BCUT2D eigenvalue weighted by molar-refractivity contribution is 7.81. The number of piperazine rings is 1. The number of likely N-dealkylation sites (tertiary alicyclic amines) is 1. The molecule has 3 N–H and O–H groups in total. The number of benzene rings is 3. The Morgan fingerprint density at radius 3 is 2.39 bits per heavy atom. The van der Waals surface area contributed by atoms with Crippen LogP contribution in [0.25, 0.3) is 0 Å². The minimum Gasteiger partial charge on any atom is -0.492 e. The summed E-state index contributed by atoms with van der Waals surface area (Å²) in [5.41, 5.74) is -0.879. The van der Waals surface area contributed by atoms with E-state index in [2.05, 4.69) is 25.8 Å². The van der Waals surface area contributed by atoms with Gasteiger partial charge in [-0.1, -0.05) is 13.0 Å². The van der Waals surface area contributed by atoms with Gasteiger partial charge in [0.05, 0.1) is 23.7 Å². The van der Waals surface area contributed by atoms with Crippen LogP contribution < -0.4 is 30.5 Å². The molecule has 4 aliphatic rings. The largest absolute Gasteiger partial charge is 0.492 e. The van der Waals surface area contributed by atoms with E-state index < -0.39 is 40.3 Å². The molecule has 59 heavy (non-hydrogen) atoms. The van der Waals surface area contributed by atoms with E-state index >= 15 is 0 Å². The van der Waals surface area contributed by atoms with Crippen LogP contribution in [0.1, 0.15) is 63.1 Å². The molecule has 0 spiro atoms. The summed E-state index contributed by atoms with van der Waals surface area (Å²) in [4.78, 5) is 58.3. The topological polar surface area (TPSA) is 150 Å². The summed E-state index contributed by atoms with van der Waals surface area (Å²) in [6.45, 7) is 8.40. The maximum Gasteiger partial charge on any atom is 0.417 e. The van der Waals surface area contributed by atoms with Gasteiger partial charge in [-0.2, -0.15) is 18.4 Å². The van der Waals surface area contributed by atoms with Crippen molar-refractivity contribution in [2.45, 2.75) is 88.2 Å². The van der Waals surface area contributed by atoms with Gasteiger partial charge in [-0.15, -0.1) is 12.6 Å². The zero-order chi connectivity index (χ0) is 42.2. The van der Waals surface area contributed by atoms with Crippen molar-refractivity contribution in [2.24, 2.45) is 0 Å². The molecule has 4 atom stereocenters. The fourth-order valence-corrected chi connectivity index (χ4v) is 9.31. The van der Waals surface area contributed by atoms with E-state index in [4.69, 9.17) is 17.4 Å². The summed E-state index contributed by atoms with van der Waals surface area (Å²) in [7, 11) is 0. The van der Waals surface area contributed by atoms with Gasteiger partial charge in [-0.05, 0) is 99.7 Å². The number of fused-ring (bicyclic) bond motifs is 2. The Hall–Kier alpha value is -5.31. The van der Waals surface area contributed by atoms with E-state index in [9.17, 15) is 37.6 Å². The third-order valence-corrected chi connectivity index (χ3v) is 12.1. The Kier molecular flexibility index (Phi) is 11.9. The lowest BCUT2D eigenvalue weighted by Crippen LogP contribution is -2.56. The maximum atomic E-state index is 13.8. The number of hydrogen-bond donors (Lipinski definition) is 4. The Labute approximate surface area is 346 Å². The molecule has 0 aliphatic carbocycles. The summed E-state index contributed by atoms with van der Waals surface area (Å²) in [5.74, 6) is -0.492. The van der Waals surface area contributed by atoms with Gasteiger partial charge in [0, 0.05) is 60.9 Å². The molecular formula is C42H47F3N8O5S. The Morgan fingerprint density at radius 1 is 1.00 bits per heavy atom. The van der Waals surface area contributed by atoms with E-state index in [1.54, 1.807) is 43.0 Å². The SMILES string of the molecule is CCc1cc(N2C(S)N(c3ccc(C#N)c(C(F)(F)F)c3)C(=O)C2(C)C)ccc1OCCN1CC2CCC(C1)N2CC(=O)Nc1cccc(NC2CCC(=O)NC2=O)c1. The van der Waals surface area contributed by atoms with Crippen molar-refractivity contribution in [3.05, 3.63) is 77.4 Å². The molecule has 17 heteroatoms. The third-order valence-electron chi connectivity index (χ3n) is 11.6. The van der Waals surface area contributed by atoms with Crippen molar-refractivity contribution in [3.8, 4) is 11.8 Å². The quantitative estimate of drug-likeness (QED) is 0.139.